The molecule has 0 atom stereocenters. The molecule has 0 radical (unpaired) electrons. The number of hydrogen-bond acceptors (Lipinski definition) is 4. The number of nitrogens with zero attached hydrogens (tertiary/aromatic N) is 1. The van der Waals surface area contributed by atoms with Crippen LogP contribution in [0.3, 0.4) is 0 Å². The van der Waals surface area contributed by atoms with E-state index in [9.17, 15) is 4.79 Å². The average molecular weight is 436 g/mol. The molecule has 0 unspecified atom stereocenters. The SMILES string of the molecule is CCCOc1ccc2c(N)c(-c3ccc(NC(=O)OCC4CCC4)cc3)n(C(C)C)c2c1. The largest absolute Gasteiger partial charge is 0.494 e. The topological polar surface area (TPSA) is 78.5 Å². The molecule has 32 heavy (non-hydrogen) atoms. The zero-order valence-electron chi connectivity index (χ0n) is 19.2. The summed E-state index contributed by atoms with van der Waals surface area (Å²) in [7, 11) is 0. The van der Waals surface area contributed by atoms with Gasteiger partial charge < -0.3 is 19.8 Å². The van der Waals surface area contributed by atoms with E-state index < -0.39 is 6.09 Å². The van der Waals surface area contributed by atoms with E-state index in [4.69, 9.17) is 15.2 Å². The Balaban J connectivity index is 1.58. The van der Waals surface area contributed by atoms with Crippen LogP contribution in [0.25, 0.3) is 22.2 Å². The van der Waals surface area contributed by atoms with E-state index in [1.54, 1.807) is 0 Å². The summed E-state index contributed by atoms with van der Waals surface area (Å²) in [6, 6.07) is 14.0. The highest BCUT2D eigenvalue weighted by molar-refractivity contribution is 6.01. The third-order valence-corrected chi connectivity index (χ3v) is 6.08. The predicted molar refractivity (Wildman–Crippen MR) is 130 cm³/mol. The Morgan fingerprint density at radius 3 is 2.56 bits per heavy atom. The van der Waals surface area contributed by atoms with Crippen LogP contribution in [0.15, 0.2) is 42.5 Å². The Morgan fingerprint density at radius 2 is 1.94 bits per heavy atom. The van der Waals surface area contributed by atoms with Crippen LogP contribution in [0.4, 0.5) is 16.2 Å². The third kappa shape index (κ3) is 4.54. The predicted octanol–water partition coefficient (Wildman–Crippen LogP) is 6.61. The van der Waals surface area contributed by atoms with Gasteiger partial charge in [0.05, 0.1) is 30.1 Å². The van der Waals surface area contributed by atoms with Crippen LogP contribution in [0.5, 0.6) is 5.75 Å². The van der Waals surface area contributed by atoms with Crippen molar-refractivity contribution in [3.63, 3.8) is 0 Å². The van der Waals surface area contributed by atoms with Gasteiger partial charge in [-0.05, 0) is 63.3 Å². The van der Waals surface area contributed by atoms with E-state index in [0.717, 1.165) is 52.9 Å². The van der Waals surface area contributed by atoms with Crippen molar-refractivity contribution in [3.05, 3.63) is 42.5 Å². The van der Waals surface area contributed by atoms with Gasteiger partial charge >= 0.3 is 6.09 Å². The lowest BCUT2D eigenvalue weighted by molar-refractivity contribution is 0.115. The normalized spacial score (nSPS) is 13.9. The number of amides is 1. The summed E-state index contributed by atoms with van der Waals surface area (Å²) in [4.78, 5) is 12.1. The molecule has 6 heteroatoms. The number of anilines is 2. The highest BCUT2D eigenvalue weighted by Gasteiger charge is 2.20. The highest BCUT2D eigenvalue weighted by Crippen LogP contribution is 2.40. The van der Waals surface area contributed by atoms with Crippen LogP contribution in [-0.4, -0.2) is 23.9 Å². The molecule has 6 nitrogen and oxygen atoms in total. The monoisotopic (exact) mass is 435 g/mol. The maximum atomic E-state index is 12.1. The van der Waals surface area contributed by atoms with E-state index in [-0.39, 0.29) is 6.04 Å². The van der Waals surface area contributed by atoms with Crippen molar-refractivity contribution < 1.29 is 14.3 Å². The summed E-state index contributed by atoms with van der Waals surface area (Å²) in [5.41, 5.74) is 11.1. The number of aromatic nitrogens is 1. The molecule has 0 saturated heterocycles. The van der Waals surface area contributed by atoms with Gasteiger partial charge in [0, 0.05) is 28.7 Å². The molecule has 1 heterocycles. The van der Waals surface area contributed by atoms with Gasteiger partial charge in [-0.15, -0.1) is 0 Å². The molecular weight excluding hydrogens is 402 g/mol. The number of carbonyl (C=O) groups excluding carboxylic acids is 1. The van der Waals surface area contributed by atoms with Crippen LogP contribution >= 0.6 is 0 Å². The molecule has 3 aromatic rings. The van der Waals surface area contributed by atoms with Crippen molar-refractivity contribution in [1.29, 1.82) is 0 Å². The fraction of sp³-hybridized carbons (Fsp3) is 0.423. The van der Waals surface area contributed by atoms with E-state index in [0.29, 0.717) is 24.8 Å². The van der Waals surface area contributed by atoms with Crippen LogP contribution in [0.1, 0.15) is 52.5 Å². The lowest BCUT2D eigenvalue weighted by atomic mass is 9.86. The van der Waals surface area contributed by atoms with Crippen molar-refractivity contribution >= 4 is 28.4 Å². The van der Waals surface area contributed by atoms with Crippen molar-refractivity contribution in [1.82, 2.24) is 4.57 Å². The molecule has 1 fully saturated rings. The summed E-state index contributed by atoms with van der Waals surface area (Å²) in [6.07, 6.45) is 4.10. The first-order valence-corrected chi connectivity index (χ1v) is 11.6. The van der Waals surface area contributed by atoms with Gasteiger partial charge in [0.15, 0.2) is 0 Å². The van der Waals surface area contributed by atoms with Gasteiger partial charge in [-0.1, -0.05) is 25.5 Å². The molecule has 1 aromatic heterocycles. The summed E-state index contributed by atoms with van der Waals surface area (Å²) in [5.74, 6) is 1.38. The summed E-state index contributed by atoms with van der Waals surface area (Å²) in [5, 5.41) is 3.83. The van der Waals surface area contributed by atoms with Crippen LogP contribution in [0, 0.1) is 5.92 Å². The number of nitrogens with two attached hydrogens (primary N) is 1. The van der Waals surface area contributed by atoms with Crippen molar-refractivity contribution in [2.24, 2.45) is 5.92 Å². The maximum Gasteiger partial charge on any atom is 0.411 e. The highest BCUT2D eigenvalue weighted by atomic mass is 16.5. The number of rotatable bonds is 8. The minimum Gasteiger partial charge on any atom is -0.494 e. The summed E-state index contributed by atoms with van der Waals surface area (Å²) >= 11 is 0. The first-order chi connectivity index (χ1) is 15.5. The van der Waals surface area contributed by atoms with E-state index >= 15 is 0 Å². The fourth-order valence-corrected chi connectivity index (χ4v) is 4.18. The molecule has 170 valence electrons. The molecule has 0 aliphatic heterocycles. The molecule has 0 bridgehead atoms. The Bertz CT molecular complexity index is 1080. The molecular formula is C26H33N3O3. The Morgan fingerprint density at radius 1 is 1.19 bits per heavy atom. The van der Waals surface area contributed by atoms with Gasteiger partial charge in [-0.2, -0.15) is 0 Å². The lowest BCUT2D eigenvalue weighted by Crippen LogP contribution is -2.22. The van der Waals surface area contributed by atoms with Crippen molar-refractivity contribution in [2.75, 3.05) is 24.3 Å². The first-order valence-electron chi connectivity index (χ1n) is 11.6. The second-order valence-corrected chi connectivity index (χ2v) is 8.85. The molecule has 0 spiro atoms. The smallest absolute Gasteiger partial charge is 0.411 e. The van der Waals surface area contributed by atoms with Crippen molar-refractivity contribution in [3.8, 4) is 17.0 Å². The average Bonchev–Trinajstić information content (AvgIpc) is 3.04. The standard InChI is InChI=1S/C26H33N3O3/c1-4-14-31-21-12-13-22-23(15-21)29(17(2)3)25(24(22)27)19-8-10-20(11-9-19)28-26(30)32-16-18-6-5-7-18/h8-13,15,17-18H,4-7,14,16,27H2,1-3H3,(H,28,30). The number of ether oxygens (including phenoxy) is 2. The number of carbonyl (C=O) groups is 1. The zero-order valence-corrected chi connectivity index (χ0v) is 19.2. The molecule has 1 aliphatic carbocycles. The number of hydrogen-bond donors (Lipinski definition) is 2. The van der Waals surface area contributed by atoms with E-state index in [1.165, 1.54) is 6.42 Å². The van der Waals surface area contributed by atoms with Gasteiger partial charge in [-0.25, -0.2) is 4.79 Å². The fourth-order valence-electron chi connectivity index (χ4n) is 4.18. The quantitative estimate of drug-likeness (QED) is 0.417. The van der Waals surface area contributed by atoms with Crippen LogP contribution in [-0.2, 0) is 4.74 Å². The Labute approximate surface area is 189 Å². The minimum absolute atomic E-state index is 0.213. The van der Waals surface area contributed by atoms with Crippen molar-refractivity contribution in [2.45, 2.75) is 52.5 Å². The minimum atomic E-state index is -0.403. The number of nitrogen functional groups attached to an aromatic ring is 1. The second kappa shape index (κ2) is 9.55. The molecule has 1 amide bonds. The zero-order chi connectivity index (χ0) is 22.7. The second-order valence-electron chi connectivity index (χ2n) is 8.85. The molecule has 4 rings (SSSR count). The number of fused-ring (bicyclic) bond motifs is 1. The molecule has 1 saturated carbocycles. The molecule has 1 aliphatic rings. The van der Waals surface area contributed by atoms with E-state index in [1.807, 2.05) is 36.4 Å². The van der Waals surface area contributed by atoms with Gasteiger partial charge in [0.25, 0.3) is 0 Å². The third-order valence-electron chi connectivity index (χ3n) is 6.08. The Hall–Kier alpha value is -3.15. The lowest BCUT2D eigenvalue weighted by Gasteiger charge is -2.24. The molecule has 3 N–H and O–H groups in total. The summed E-state index contributed by atoms with van der Waals surface area (Å²) in [6.45, 7) is 7.58. The summed E-state index contributed by atoms with van der Waals surface area (Å²) < 4.78 is 13.4. The first kappa shape index (κ1) is 22.1. The number of benzene rings is 2. The van der Waals surface area contributed by atoms with Gasteiger partial charge in [-0.3, -0.25) is 5.32 Å². The number of nitrogens with one attached hydrogen (secondary N) is 1. The molecule has 2 aromatic carbocycles. The van der Waals surface area contributed by atoms with Crippen LogP contribution < -0.4 is 15.8 Å². The Kier molecular flexibility index (Phi) is 6.58. The van der Waals surface area contributed by atoms with Gasteiger partial charge in [0.1, 0.15) is 5.75 Å². The van der Waals surface area contributed by atoms with Crippen LogP contribution in [0.2, 0.25) is 0 Å². The maximum absolute atomic E-state index is 12.1. The van der Waals surface area contributed by atoms with E-state index in [2.05, 4.69) is 36.7 Å². The van der Waals surface area contributed by atoms with Gasteiger partial charge in [0.2, 0.25) is 0 Å².